The number of piperazine rings is 1. The first-order valence-electron chi connectivity index (χ1n) is 9.58. The summed E-state index contributed by atoms with van der Waals surface area (Å²) in [6.45, 7) is 3.51. The fourth-order valence-corrected chi connectivity index (χ4v) is 3.56. The van der Waals surface area contributed by atoms with Gasteiger partial charge < -0.3 is 25.0 Å². The summed E-state index contributed by atoms with van der Waals surface area (Å²) >= 11 is 0. The van der Waals surface area contributed by atoms with Gasteiger partial charge in [-0.25, -0.2) is 4.98 Å². The second-order valence-corrected chi connectivity index (χ2v) is 6.90. The third kappa shape index (κ3) is 4.03. The molecule has 0 saturated carbocycles. The van der Waals surface area contributed by atoms with Crippen LogP contribution in [0.4, 0.5) is 17.2 Å². The van der Waals surface area contributed by atoms with E-state index in [1.807, 2.05) is 42.6 Å². The monoisotopic (exact) mass is 391 g/mol. The molecule has 1 fully saturated rings. The first-order chi connectivity index (χ1) is 14.2. The lowest BCUT2D eigenvalue weighted by molar-refractivity contribution is 0.355. The molecule has 2 N–H and O–H groups in total. The maximum absolute atomic E-state index is 5.91. The van der Waals surface area contributed by atoms with Crippen molar-refractivity contribution in [3.05, 3.63) is 54.9 Å². The molecule has 4 rings (SSSR count). The van der Waals surface area contributed by atoms with Crippen molar-refractivity contribution in [2.45, 2.75) is 0 Å². The summed E-state index contributed by atoms with van der Waals surface area (Å²) < 4.78 is 10.8. The number of anilines is 3. The lowest BCUT2D eigenvalue weighted by atomic mass is 10.1. The summed E-state index contributed by atoms with van der Waals surface area (Å²) in [7, 11) is 3.31. The number of nitrogens with zero attached hydrogens (tertiary/aromatic N) is 4. The van der Waals surface area contributed by atoms with Crippen LogP contribution in [0.15, 0.2) is 54.9 Å². The number of hydrogen-bond donors (Lipinski definition) is 1. The fraction of sp³-hybridized carbons (Fsp3) is 0.273. The Morgan fingerprint density at radius 1 is 0.862 bits per heavy atom. The number of benzene rings is 2. The Bertz CT molecular complexity index is 986. The van der Waals surface area contributed by atoms with Crippen LogP contribution in [0.25, 0.3) is 11.3 Å². The number of methoxy groups -OCH3 is 2. The molecule has 1 aliphatic rings. The van der Waals surface area contributed by atoms with Crippen molar-refractivity contribution >= 4 is 17.2 Å². The van der Waals surface area contributed by atoms with Gasteiger partial charge in [-0.05, 0) is 24.3 Å². The smallest absolute Gasteiger partial charge is 0.162 e. The topological polar surface area (TPSA) is 76.7 Å². The van der Waals surface area contributed by atoms with Gasteiger partial charge in [-0.15, -0.1) is 0 Å². The third-order valence-electron chi connectivity index (χ3n) is 5.14. The summed E-state index contributed by atoms with van der Waals surface area (Å²) in [5.41, 5.74) is 9.56. The Balaban J connectivity index is 1.47. The maximum atomic E-state index is 5.91. The van der Waals surface area contributed by atoms with Gasteiger partial charge in [-0.3, -0.25) is 4.98 Å². The molecule has 0 bridgehead atoms. The summed E-state index contributed by atoms with van der Waals surface area (Å²) in [5.74, 6) is 2.37. The zero-order valence-corrected chi connectivity index (χ0v) is 16.7. The predicted octanol–water partition coefficient (Wildman–Crippen LogP) is 3.07. The van der Waals surface area contributed by atoms with E-state index < -0.39 is 0 Å². The second-order valence-electron chi connectivity index (χ2n) is 6.90. The average molecular weight is 391 g/mol. The van der Waals surface area contributed by atoms with Crippen LogP contribution in [-0.2, 0) is 0 Å². The zero-order chi connectivity index (χ0) is 20.2. The van der Waals surface area contributed by atoms with E-state index in [9.17, 15) is 0 Å². The van der Waals surface area contributed by atoms with Crippen LogP contribution < -0.4 is 25.0 Å². The molecule has 0 atom stereocenters. The number of hydrogen-bond acceptors (Lipinski definition) is 7. The zero-order valence-electron chi connectivity index (χ0n) is 16.7. The molecule has 1 aliphatic heterocycles. The van der Waals surface area contributed by atoms with E-state index in [1.54, 1.807) is 20.4 Å². The van der Waals surface area contributed by atoms with E-state index in [4.69, 9.17) is 20.2 Å². The first kappa shape index (κ1) is 18.9. The molecule has 1 saturated heterocycles. The molecule has 2 heterocycles. The molecule has 7 nitrogen and oxygen atoms in total. The van der Waals surface area contributed by atoms with Crippen molar-refractivity contribution in [2.24, 2.45) is 0 Å². The largest absolute Gasteiger partial charge is 0.493 e. The van der Waals surface area contributed by atoms with Gasteiger partial charge in [0.05, 0.1) is 32.3 Å². The Kier molecular flexibility index (Phi) is 5.37. The van der Waals surface area contributed by atoms with Gasteiger partial charge in [-0.1, -0.05) is 12.1 Å². The average Bonchev–Trinajstić information content (AvgIpc) is 2.79. The SMILES string of the molecule is COc1ccc(N2CCN(c3cncc(-c4cccc(N)c4)n3)CC2)cc1OC. The predicted molar refractivity (Wildman–Crippen MR) is 116 cm³/mol. The van der Waals surface area contributed by atoms with Crippen molar-refractivity contribution in [3.63, 3.8) is 0 Å². The molecule has 0 aliphatic carbocycles. The molecule has 150 valence electrons. The van der Waals surface area contributed by atoms with Crippen molar-refractivity contribution in [1.82, 2.24) is 9.97 Å². The summed E-state index contributed by atoms with van der Waals surface area (Å²) in [4.78, 5) is 13.8. The van der Waals surface area contributed by atoms with Crippen LogP contribution in [0.5, 0.6) is 11.5 Å². The number of rotatable bonds is 5. The van der Waals surface area contributed by atoms with Crippen molar-refractivity contribution in [2.75, 3.05) is 55.9 Å². The van der Waals surface area contributed by atoms with Crippen LogP contribution in [0, 0.1) is 0 Å². The third-order valence-corrected chi connectivity index (χ3v) is 5.14. The molecular weight excluding hydrogens is 366 g/mol. The van der Waals surface area contributed by atoms with Gasteiger partial charge in [0.1, 0.15) is 5.82 Å². The van der Waals surface area contributed by atoms with Crippen LogP contribution >= 0.6 is 0 Å². The lowest BCUT2D eigenvalue weighted by Gasteiger charge is -2.36. The van der Waals surface area contributed by atoms with Crippen molar-refractivity contribution in [3.8, 4) is 22.8 Å². The minimum absolute atomic E-state index is 0.721. The van der Waals surface area contributed by atoms with Gasteiger partial charge >= 0.3 is 0 Å². The molecule has 0 radical (unpaired) electrons. The second kappa shape index (κ2) is 8.26. The number of nitrogens with two attached hydrogens (primary N) is 1. The van der Waals surface area contributed by atoms with E-state index in [0.717, 1.165) is 66.1 Å². The van der Waals surface area contributed by atoms with E-state index in [1.165, 1.54) is 0 Å². The highest BCUT2D eigenvalue weighted by Crippen LogP contribution is 2.32. The number of aromatic nitrogens is 2. The van der Waals surface area contributed by atoms with Crippen LogP contribution in [0.1, 0.15) is 0 Å². The molecule has 7 heteroatoms. The molecule has 29 heavy (non-hydrogen) atoms. The van der Waals surface area contributed by atoms with Crippen molar-refractivity contribution in [1.29, 1.82) is 0 Å². The number of ether oxygens (including phenoxy) is 2. The fourth-order valence-electron chi connectivity index (χ4n) is 3.56. The van der Waals surface area contributed by atoms with Crippen LogP contribution in [0.2, 0.25) is 0 Å². The standard InChI is InChI=1S/C22H25N5O2/c1-28-20-7-6-18(13-21(20)29-2)26-8-10-27(11-9-26)22-15-24-14-19(25-22)16-4-3-5-17(23)12-16/h3-7,12-15H,8-11,23H2,1-2H3. The lowest BCUT2D eigenvalue weighted by Crippen LogP contribution is -2.46. The van der Waals surface area contributed by atoms with Crippen molar-refractivity contribution < 1.29 is 9.47 Å². The van der Waals surface area contributed by atoms with E-state index >= 15 is 0 Å². The van der Waals surface area contributed by atoms with E-state index in [0.29, 0.717) is 0 Å². The van der Waals surface area contributed by atoms with Gasteiger partial charge in [0, 0.05) is 49.2 Å². The van der Waals surface area contributed by atoms with Crippen LogP contribution in [0.3, 0.4) is 0 Å². The Labute approximate surface area is 170 Å². The van der Waals surface area contributed by atoms with Gasteiger partial charge in [0.2, 0.25) is 0 Å². The highest BCUT2D eigenvalue weighted by atomic mass is 16.5. The minimum atomic E-state index is 0.721. The Morgan fingerprint density at radius 2 is 1.62 bits per heavy atom. The highest BCUT2D eigenvalue weighted by molar-refractivity contribution is 5.65. The highest BCUT2D eigenvalue weighted by Gasteiger charge is 2.20. The molecule has 0 spiro atoms. The van der Waals surface area contributed by atoms with Gasteiger partial charge in [0.25, 0.3) is 0 Å². The first-order valence-corrected chi connectivity index (χ1v) is 9.58. The Hall–Kier alpha value is -3.48. The van der Waals surface area contributed by atoms with E-state index in [-0.39, 0.29) is 0 Å². The summed E-state index contributed by atoms with van der Waals surface area (Å²) in [6, 6.07) is 13.8. The van der Waals surface area contributed by atoms with Gasteiger partial charge in [-0.2, -0.15) is 0 Å². The minimum Gasteiger partial charge on any atom is -0.493 e. The molecular formula is C22H25N5O2. The molecule has 1 aromatic heterocycles. The van der Waals surface area contributed by atoms with Crippen LogP contribution in [-0.4, -0.2) is 50.4 Å². The Morgan fingerprint density at radius 3 is 2.34 bits per heavy atom. The maximum Gasteiger partial charge on any atom is 0.162 e. The van der Waals surface area contributed by atoms with Gasteiger partial charge in [0.15, 0.2) is 11.5 Å². The molecule has 0 unspecified atom stereocenters. The number of nitrogen functional groups attached to an aromatic ring is 1. The molecule has 3 aromatic rings. The quantitative estimate of drug-likeness (QED) is 0.670. The normalized spacial score (nSPS) is 14.0. The summed E-state index contributed by atoms with van der Waals surface area (Å²) in [6.07, 6.45) is 3.60. The van der Waals surface area contributed by atoms with E-state index in [2.05, 4.69) is 20.9 Å². The summed E-state index contributed by atoms with van der Waals surface area (Å²) in [5, 5.41) is 0. The molecule has 0 amide bonds. The molecule has 2 aromatic carbocycles.